The number of amides is 1. The van der Waals surface area contributed by atoms with Crippen LogP contribution < -0.4 is 9.47 Å². The van der Waals surface area contributed by atoms with Gasteiger partial charge in [0.2, 0.25) is 11.1 Å². The maximum absolute atomic E-state index is 13.1. The van der Waals surface area contributed by atoms with Gasteiger partial charge in [-0.25, -0.2) is 0 Å². The minimum absolute atomic E-state index is 0.0502. The number of fused-ring (bicyclic) bond motifs is 1. The van der Waals surface area contributed by atoms with Crippen molar-refractivity contribution in [1.29, 1.82) is 0 Å². The lowest BCUT2D eigenvalue weighted by Crippen LogP contribution is -2.32. The Morgan fingerprint density at radius 2 is 1.97 bits per heavy atom. The van der Waals surface area contributed by atoms with E-state index in [1.807, 2.05) is 42.2 Å². The molecule has 0 unspecified atom stereocenters. The van der Waals surface area contributed by atoms with Gasteiger partial charge < -0.3 is 14.4 Å². The number of ether oxygens (including phenoxy) is 2. The van der Waals surface area contributed by atoms with E-state index in [-0.39, 0.29) is 17.7 Å². The first-order valence-corrected chi connectivity index (χ1v) is 11.8. The molecule has 2 aromatic carbocycles. The number of carbonyl (C=O) groups excluding carboxylic acids is 1. The van der Waals surface area contributed by atoms with Crippen LogP contribution in [-0.2, 0) is 4.79 Å². The zero-order valence-electron chi connectivity index (χ0n) is 18.2. The number of tetrazole rings is 1. The van der Waals surface area contributed by atoms with E-state index in [4.69, 9.17) is 9.47 Å². The first kappa shape index (κ1) is 20.8. The molecular weight excluding hydrogens is 426 g/mol. The van der Waals surface area contributed by atoms with Gasteiger partial charge in [0.05, 0.1) is 17.5 Å². The summed E-state index contributed by atoms with van der Waals surface area (Å²) in [5.41, 5.74) is 4.28. The normalized spacial score (nSPS) is 17.6. The number of hydrogen-bond acceptors (Lipinski definition) is 7. The Balaban J connectivity index is 1.29. The van der Waals surface area contributed by atoms with Crippen molar-refractivity contribution in [3.8, 4) is 17.2 Å². The van der Waals surface area contributed by atoms with Crippen LogP contribution in [0.3, 0.4) is 0 Å². The van der Waals surface area contributed by atoms with E-state index in [2.05, 4.69) is 28.5 Å². The fourth-order valence-corrected chi connectivity index (χ4v) is 5.12. The average molecular weight is 452 g/mol. The van der Waals surface area contributed by atoms with Gasteiger partial charge in [0.25, 0.3) is 0 Å². The van der Waals surface area contributed by atoms with Crippen LogP contribution in [0.15, 0.2) is 41.6 Å². The monoisotopic (exact) mass is 451 g/mol. The molecular formula is C23H25N5O3S. The third-order valence-corrected chi connectivity index (χ3v) is 6.77. The summed E-state index contributed by atoms with van der Waals surface area (Å²) in [7, 11) is 0. The predicted octanol–water partition coefficient (Wildman–Crippen LogP) is 3.51. The summed E-state index contributed by atoms with van der Waals surface area (Å²) in [6, 6.07) is 12.2. The van der Waals surface area contributed by atoms with E-state index in [1.54, 1.807) is 4.68 Å². The Labute approximate surface area is 190 Å². The number of thioether (sulfide) groups is 1. The minimum atomic E-state index is 0.0502. The summed E-state index contributed by atoms with van der Waals surface area (Å²) in [6.07, 6.45) is 1.92. The molecule has 2 aliphatic heterocycles. The number of likely N-dealkylation sites (tertiary alicyclic amines) is 1. The number of rotatable bonds is 5. The molecule has 0 radical (unpaired) electrons. The van der Waals surface area contributed by atoms with E-state index in [0.717, 1.165) is 47.7 Å². The highest BCUT2D eigenvalue weighted by atomic mass is 32.2. The minimum Gasteiger partial charge on any atom is -0.486 e. The van der Waals surface area contributed by atoms with Gasteiger partial charge in [-0.3, -0.25) is 4.79 Å². The van der Waals surface area contributed by atoms with Gasteiger partial charge in [0.1, 0.15) is 13.2 Å². The van der Waals surface area contributed by atoms with E-state index in [1.165, 1.54) is 17.3 Å². The molecule has 1 atom stereocenters. The van der Waals surface area contributed by atoms with Crippen molar-refractivity contribution in [2.45, 2.75) is 37.9 Å². The van der Waals surface area contributed by atoms with Crippen molar-refractivity contribution in [2.75, 3.05) is 25.5 Å². The summed E-state index contributed by atoms with van der Waals surface area (Å²) in [4.78, 5) is 15.1. The van der Waals surface area contributed by atoms with Gasteiger partial charge >= 0.3 is 0 Å². The number of nitrogens with zero attached hydrogens (tertiary/aromatic N) is 5. The number of hydrogen-bond donors (Lipinski definition) is 0. The van der Waals surface area contributed by atoms with E-state index in [9.17, 15) is 4.79 Å². The molecule has 2 aliphatic rings. The molecule has 9 heteroatoms. The van der Waals surface area contributed by atoms with E-state index >= 15 is 0 Å². The molecule has 1 amide bonds. The molecule has 1 fully saturated rings. The van der Waals surface area contributed by atoms with Crippen LogP contribution in [0.25, 0.3) is 5.69 Å². The Bertz CT molecular complexity index is 1150. The van der Waals surface area contributed by atoms with Crippen LogP contribution in [0.2, 0.25) is 0 Å². The summed E-state index contributed by atoms with van der Waals surface area (Å²) in [5, 5.41) is 12.7. The fraction of sp³-hybridized carbons (Fsp3) is 0.391. The Kier molecular flexibility index (Phi) is 5.73. The maximum Gasteiger partial charge on any atom is 0.233 e. The molecule has 0 aliphatic carbocycles. The number of benzene rings is 2. The lowest BCUT2D eigenvalue weighted by atomic mass is 10.0. The standard InChI is InChI=1S/C23H25N5O3S/c1-15-5-7-18(16(2)12-15)28-23(24-25-26-28)32-14-22(29)27-9-3-4-19(27)17-6-8-20-21(13-17)31-11-10-30-20/h5-8,12-13,19H,3-4,9-11,14H2,1-2H3/t19-/m0/s1. The second-order valence-corrected chi connectivity index (χ2v) is 9.04. The molecule has 8 nitrogen and oxygen atoms in total. The van der Waals surface area contributed by atoms with Gasteiger partial charge in [-0.15, -0.1) is 5.10 Å². The topological polar surface area (TPSA) is 82.4 Å². The molecule has 1 saturated heterocycles. The van der Waals surface area contributed by atoms with Gasteiger partial charge in [-0.05, 0) is 66.4 Å². The van der Waals surface area contributed by atoms with Gasteiger partial charge in [0.15, 0.2) is 11.5 Å². The van der Waals surface area contributed by atoms with Crippen molar-refractivity contribution in [2.24, 2.45) is 0 Å². The molecule has 3 heterocycles. The molecule has 5 rings (SSSR count). The van der Waals surface area contributed by atoms with Crippen LogP contribution in [0, 0.1) is 13.8 Å². The van der Waals surface area contributed by atoms with Crippen LogP contribution in [0.1, 0.15) is 35.6 Å². The summed E-state index contributed by atoms with van der Waals surface area (Å²) in [6.45, 7) is 5.96. The van der Waals surface area contributed by atoms with Crippen LogP contribution in [0.5, 0.6) is 11.5 Å². The van der Waals surface area contributed by atoms with Crippen molar-refractivity contribution >= 4 is 17.7 Å². The van der Waals surface area contributed by atoms with Crippen LogP contribution in [-0.4, -0.2) is 56.5 Å². The highest BCUT2D eigenvalue weighted by molar-refractivity contribution is 7.99. The van der Waals surface area contributed by atoms with E-state index in [0.29, 0.717) is 18.4 Å². The lowest BCUT2D eigenvalue weighted by Gasteiger charge is -2.26. The zero-order chi connectivity index (χ0) is 22.1. The largest absolute Gasteiger partial charge is 0.486 e. The average Bonchev–Trinajstić information content (AvgIpc) is 3.47. The second-order valence-electron chi connectivity index (χ2n) is 8.10. The van der Waals surface area contributed by atoms with Crippen molar-refractivity contribution in [3.63, 3.8) is 0 Å². The van der Waals surface area contributed by atoms with Crippen LogP contribution in [0.4, 0.5) is 0 Å². The molecule has 166 valence electrons. The van der Waals surface area contributed by atoms with Crippen LogP contribution >= 0.6 is 11.8 Å². The predicted molar refractivity (Wildman–Crippen MR) is 120 cm³/mol. The summed E-state index contributed by atoms with van der Waals surface area (Å²) in [5.74, 6) is 1.90. The van der Waals surface area contributed by atoms with Crippen molar-refractivity contribution < 1.29 is 14.3 Å². The maximum atomic E-state index is 13.1. The SMILES string of the molecule is Cc1ccc(-n2nnnc2SCC(=O)N2CCC[C@H]2c2ccc3c(c2)OCCO3)c(C)c1. The summed E-state index contributed by atoms with van der Waals surface area (Å²) >= 11 is 1.37. The molecule has 1 aromatic heterocycles. The first-order chi connectivity index (χ1) is 15.6. The highest BCUT2D eigenvalue weighted by Crippen LogP contribution is 2.38. The van der Waals surface area contributed by atoms with Gasteiger partial charge in [-0.1, -0.05) is 35.5 Å². The molecule has 0 spiro atoms. The third-order valence-electron chi connectivity index (χ3n) is 5.87. The molecule has 32 heavy (non-hydrogen) atoms. The van der Waals surface area contributed by atoms with Crippen molar-refractivity contribution in [1.82, 2.24) is 25.1 Å². The van der Waals surface area contributed by atoms with Gasteiger partial charge in [-0.2, -0.15) is 4.68 Å². The fourth-order valence-electron chi connectivity index (χ4n) is 4.35. The third kappa shape index (κ3) is 4.04. The first-order valence-electron chi connectivity index (χ1n) is 10.8. The lowest BCUT2D eigenvalue weighted by molar-refractivity contribution is -0.129. The molecule has 0 saturated carbocycles. The second kappa shape index (κ2) is 8.82. The zero-order valence-corrected chi connectivity index (χ0v) is 19.0. The number of aromatic nitrogens is 4. The van der Waals surface area contributed by atoms with Gasteiger partial charge in [0, 0.05) is 6.54 Å². The summed E-state index contributed by atoms with van der Waals surface area (Å²) < 4.78 is 13.1. The Morgan fingerprint density at radius 1 is 1.12 bits per heavy atom. The molecule has 0 N–H and O–H groups in total. The Hall–Kier alpha value is -3.07. The Morgan fingerprint density at radius 3 is 2.81 bits per heavy atom. The number of carbonyl (C=O) groups is 1. The number of aryl methyl sites for hydroxylation is 2. The highest BCUT2D eigenvalue weighted by Gasteiger charge is 2.31. The smallest absolute Gasteiger partial charge is 0.233 e. The molecule has 0 bridgehead atoms. The van der Waals surface area contributed by atoms with Crippen molar-refractivity contribution in [3.05, 3.63) is 53.1 Å². The van der Waals surface area contributed by atoms with E-state index < -0.39 is 0 Å². The molecule has 3 aromatic rings. The quantitative estimate of drug-likeness (QED) is 0.549.